The maximum atomic E-state index is 13.4. The molecule has 0 saturated carbocycles. The Morgan fingerprint density at radius 3 is 2.42 bits per heavy atom. The Morgan fingerprint density at radius 1 is 1.13 bits per heavy atom. The van der Waals surface area contributed by atoms with Crippen LogP contribution in [0.5, 0.6) is 0 Å². The molecule has 6 nitrogen and oxygen atoms in total. The second-order valence-corrected chi connectivity index (χ2v) is 6.61. The number of carbonyl (C=O) groups excluding carboxylic acids is 2. The van der Waals surface area contributed by atoms with E-state index in [0.717, 1.165) is 4.68 Å². The number of ether oxygens (including phenoxy) is 1. The lowest BCUT2D eigenvalue weighted by Gasteiger charge is -2.16. The van der Waals surface area contributed by atoms with Crippen LogP contribution in [-0.4, -0.2) is 35.2 Å². The highest BCUT2D eigenvalue weighted by Gasteiger charge is 2.38. The third-order valence-electron chi connectivity index (χ3n) is 4.37. The maximum absolute atomic E-state index is 13.4. The molecule has 3 rings (SSSR count). The summed E-state index contributed by atoms with van der Waals surface area (Å²) in [5.74, 6) is -2.04. The van der Waals surface area contributed by atoms with Gasteiger partial charge in [0.1, 0.15) is 18.0 Å². The molecule has 0 aliphatic heterocycles. The molecule has 0 unspecified atom stereocenters. The van der Waals surface area contributed by atoms with Crippen LogP contribution in [0.3, 0.4) is 0 Å². The van der Waals surface area contributed by atoms with E-state index in [1.807, 2.05) is 0 Å². The van der Waals surface area contributed by atoms with Crippen LogP contribution in [0.4, 0.5) is 23.2 Å². The highest BCUT2D eigenvalue weighted by atomic mass is 19.4. The number of aryl methyl sites for hydroxylation is 1. The molecule has 0 aliphatic carbocycles. The van der Waals surface area contributed by atoms with Gasteiger partial charge in [-0.25, -0.2) is 4.39 Å². The van der Waals surface area contributed by atoms with Gasteiger partial charge in [-0.2, -0.15) is 18.3 Å². The van der Waals surface area contributed by atoms with Crippen LogP contribution in [0.2, 0.25) is 0 Å². The summed E-state index contributed by atoms with van der Waals surface area (Å²) >= 11 is 0. The average molecular weight is 435 g/mol. The highest BCUT2D eigenvalue weighted by molar-refractivity contribution is 6.10. The van der Waals surface area contributed by atoms with Gasteiger partial charge in [-0.3, -0.25) is 14.3 Å². The predicted octanol–water partition coefficient (Wildman–Crippen LogP) is 4.33. The second-order valence-electron chi connectivity index (χ2n) is 6.61. The summed E-state index contributed by atoms with van der Waals surface area (Å²) in [5.41, 5.74) is -1.17. The Hall–Kier alpha value is -3.53. The quantitative estimate of drug-likeness (QED) is 0.462. The SMILES string of the molecule is COCC(=O)c1cccc(NC(=O)c2nn(C)cc2C(F)(F)F)c1-c1ccc(F)cc1. The van der Waals surface area contributed by atoms with Gasteiger partial charge in [-0.05, 0) is 23.8 Å². The van der Waals surface area contributed by atoms with Gasteiger partial charge < -0.3 is 10.1 Å². The summed E-state index contributed by atoms with van der Waals surface area (Å²) in [6.45, 7) is -0.260. The zero-order valence-electron chi connectivity index (χ0n) is 16.5. The van der Waals surface area contributed by atoms with Gasteiger partial charge in [0.05, 0.1) is 0 Å². The monoisotopic (exact) mass is 435 g/mol. The number of Topliss-reactive ketones (excluding diaryl/α,β-unsaturated/α-hetero) is 1. The summed E-state index contributed by atoms with van der Waals surface area (Å²) in [6, 6.07) is 9.50. The van der Waals surface area contributed by atoms with Crippen molar-refractivity contribution >= 4 is 17.4 Å². The van der Waals surface area contributed by atoms with E-state index in [-0.39, 0.29) is 23.4 Å². The number of alkyl halides is 3. The minimum atomic E-state index is -4.78. The summed E-state index contributed by atoms with van der Waals surface area (Å²) < 4.78 is 59.0. The fraction of sp³-hybridized carbons (Fsp3) is 0.190. The van der Waals surface area contributed by atoms with Crippen LogP contribution in [0.1, 0.15) is 26.4 Å². The van der Waals surface area contributed by atoms with E-state index < -0.39 is 34.9 Å². The number of halogens is 4. The van der Waals surface area contributed by atoms with E-state index in [0.29, 0.717) is 11.8 Å². The number of benzene rings is 2. The maximum Gasteiger partial charge on any atom is 0.420 e. The van der Waals surface area contributed by atoms with Crippen molar-refractivity contribution in [3.8, 4) is 11.1 Å². The first-order valence-electron chi connectivity index (χ1n) is 8.95. The molecule has 0 fully saturated rings. The molecule has 0 spiro atoms. The van der Waals surface area contributed by atoms with E-state index in [9.17, 15) is 27.2 Å². The fourth-order valence-corrected chi connectivity index (χ4v) is 3.07. The molecule has 3 aromatic rings. The number of carbonyl (C=O) groups is 2. The standard InChI is InChI=1S/C21H17F4N3O3/c1-28-10-15(21(23,24)25)19(27-28)20(30)26-16-5-3-4-14(17(29)11-31-2)18(16)12-6-8-13(22)9-7-12/h3-10H,11H2,1-2H3,(H,26,30). The smallest absolute Gasteiger partial charge is 0.377 e. The van der Waals surface area contributed by atoms with Crippen molar-refractivity contribution in [1.82, 2.24) is 9.78 Å². The van der Waals surface area contributed by atoms with E-state index in [1.54, 1.807) is 0 Å². The lowest BCUT2D eigenvalue weighted by molar-refractivity contribution is -0.137. The molecule has 2 aromatic carbocycles. The van der Waals surface area contributed by atoms with Crippen LogP contribution in [0.15, 0.2) is 48.7 Å². The number of anilines is 1. The van der Waals surface area contributed by atoms with Crippen LogP contribution < -0.4 is 5.32 Å². The molecule has 1 amide bonds. The first-order valence-corrected chi connectivity index (χ1v) is 8.95. The lowest BCUT2D eigenvalue weighted by Crippen LogP contribution is -2.19. The molecule has 162 valence electrons. The van der Waals surface area contributed by atoms with E-state index in [1.165, 1.54) is 56.6 Å². The molecule has 1 heterocycles. The van der Waals surface area contributed by atoms with Gasteiger partial charge in [0, 0.05) is 37.2 Å². The molecule has 1 aromatic heterocycles. The van der Waals surface area contributed by atoms with Gasteiger partial charge >= 0.3 is 6.18 Å². The van der Waals surface area contributed by atoms with Crippen molar-refractivity contribution in [3.63, 3.8) is 0 Å². The molecule has 0 atom stereocenters. The third-order valence-corrected chi connectivity index (χ3v) is 4.37. The minimum Gasteiger partial charge on any atom is -0.377 e. The van der Waals surface area contributed by atoms with Gasteiger partial charge in [-0.1, -0.05) is 24.3 Å². The number of aromatic nitrogens is 2. The fourth-order valence-electron chi connectivity index (χ4n) is 3.07. The van der Waals surface area contributed by atoms with E-state index in [4.69, 9.17) is 4.74 Å². The van der Waals surface area contributed by atoms with Crippen molar-refractivity contribution in [1.29, 1.82) is 0 Å². The third kappa shape index (κ3) is 4.80. The van der Waals surface area contributed by atoms with Gasteiger partial charge in [0.25, 0.3) is 5.91 Å². The van der Waals surface area contributed by atoms with E-state index in [2.05, 4.69) is 10.4 Å². The van der Waals surface area contributed by atoms with Crippen LogP contribution in [-0.2, 0) is 18.0 Å². The zero-order valence-corrected chi connectivity index (χ0v) is 16.5. The van der Waals surface area contributed by atoms with Crippen LogP contribution >= 0.6 is 0 Å². The van der Waals surface area contributed by atoms with Crippen molar-refractivity contribution in [3.05, 3.63) is 71.3 Å². The first-order chi connectivity index (χ1) is 14.6. The molecule has 0 bridgehead atoms. The first kappa shape index (κ1) is 22.2. The number of amides is 1. The van der Waals surface area contributed by atoms with E-state index >= 15 is 0 Å². The Bertz CT molecular complexity index is 1120. The zero-order chi connectivity index (χ0) is 22.8. The number of rotatable bonds is 6. The van der Waals surface area contributed by atoms with Crippen molar-refractivity contribution in [2.75, 3.05) is 19.0 Å². The number of ketones is 1. The number of nitrogens with one attached hydrogen (secondary N) is 1. The Balaban J connectivity index is 2.10. The van der Waals surface area contributed by atoms with Crippen LogP contribution in [0.25, 0.3) is 11.1 Å². The highest BCUT2D eigenvalue weighted by Crippen LogP contribution is 2.35. The second kappa shape index (κ2) is 8.68. The average Bonchev–Trinajstić information content (AvgIpc) is 3.11. The van der Waals surface area contributed by atoms with Crippen LogP contribution in [0, 0.1) is 5.82 Å². The number of hydrogen-bond donors (Lipinski definition) is 1. The molecule has 0 aliphatic rings. The Labute approximate surface area is 174 Å². The summed E-state index contributed by atoms with van der Waals surface area (Å²) in [5, 5.41) is 6.02. The number of nitrogens with zero attached hydrogens (tertiary/aromatic N) is 2. The lowest BCUT2D eigenvalue weighted by atomic mass is 9.95. The van der Waals surface area contributed by atoms with Gasteiger partial charge in [-0.15, -0.1) is 0 Å². The van der Waals surface area contributed by atoms with Gasteiger partial charge in [0.15, 0.2) is 11.5 Å². The summed E-state index contributed by atoms with van der Waals surface area (Å²) in [6.07, 6.45) is -4.08. The predicted molar refractivity (Wildman–Crippen MR) is 104 cm³/mol. The molecule has 10 heteroatoms. The minimum absolute atomic E-state index is 0.0670. The molecule has 1 N–H and O–H groups in total. The van der Waals surface area contributed by atoms with Crippen molar-refractivity contribution in [2.45, 2.75) is 6.18 Å². The van der Waals surface area contributed by atoms with Gasteiger partial charge in [0.2, 0.25) is 0 Å². The normalized spacial score (nSPS) is 11.4. The Morgan fingerprint density at radius 2 is 1.81 bits per heavy atom. The topological polar surface area (TPSA) is 73.2 Å². The molecule has 0 saturated heterocycles. The molecule has 31 heavy (non-hydrogen) atoms. The summed E-state index contributed by atoms with van der Waals surface area (Å²) in [4.78, 5) is 25.2. The Kier molecular flexibility index (Phi) is 6.21. The number of hydrogen-bond acceptors (Lipinski definition) is 4. The molecule has 0 radical (unpaired) electrons. The molecular formula is C21H17F4N3O3. The van der Waals surface area contributed by atoms with Crippen molar-refractivity contribution in [2.24, 2.45) is 7.05 Å². The van der Waals surface area contributed by atoms with Crippen molar-refractivity contribution < 1.29 is 31.9 Å². The number of methoxy groups -OCH3 is 1. The summed E-state index contributed by atoms with van der Waals surface area (Å²) in [7, 11) is 2.60. The molecular weight excluding hydrogens is 418 g/mol. The largest absolute Gasteiger partial charge is 0.420 e.